The Bertz CT molecular complexity index is 323. The molecular formula is C11H16N2O2. The Morgan fingerprint density at radius 1 is 1.47 bits per heavy atom. The van der Waals surface area contributed by atoms with Crippen LogP contribution < -0.4 is 5.73 Å². The van der Waals surface area contributed by atoms with Crippen LogP contribution in [0.2, 0.25) is 0 Å². The molecule has 2 rings (SSSR count). The molecule has 0 spiro atoms. The highest BCUT2D eigenvalue weighted by atomic mass is 16.2. The summed E-state index contributed by atoms with van der Waals surface area (Å²) >= 11 is 0. The van der Waals surface area contributed by atoms with Crippen LogP contribution in [0.3, 0.4) is 0 Å². The second-order valence-corrected chi connectivity index (χ2v) is 4.26. The van der Waals surface area contributed by atoms with Crippen molar-refractivity contribution in [1.29, 1.82) is 0 Å². The number of primary amides is 1. The van der Waals surface area contributed by atoms with Crippen LogP contribution in [0.4, 0.5) is 0 Å². The molecule has 1 heterocycles. The maximum absolute atomic E-state index is 11.9. The lowest BCUT2D eigenvalue weighted by Gasteiger charge is -2.16. The number of hydrogen-bond acceptors (Lipinski definition) is 2. The molecule has 0 bridgehead atoms. The molecule has 0 unspecified atom stereocenters. The second kappa shape index (κ2) is 4.04. The van der Waals surface area contributed by atoms with Crippen LogP contribution in [0, 0.1) is 5.92 Å². The lowest BCUT2D eigenvalue weighted by molar-refractivity contribution is -0.126. The van der Waals surface area contributed by atoms with Gasteiger partial charge in [-0.05, 0) is 25.7 Å². The Morgan fingerprint density at radius 2 is 2.27 bits per heavy atom. The Hall–Kier alpha value is -1.32. The van der Waals surface area contributed by atoms with Crippen LogP contribution in [-0.4, -0.2) is 29.8 Å². The number of nitrogens with two attached hydrogens (primary N) is 1. The lowest BCUT2D eigenvalue weighted by atomic mass is 10.1. The van der Waals surface area contributed by atoms with Gasteiger partial charge in [-0.25, -0.2) is 0 Å². The number of nitrogens with zero attached hydrogens (tertiary/aromatic N) is 1. The van der Waals surface area contributed by atoms with Crippen molar-refractivity contribution in [2.24, 2.45) is 11.7 Å². The van der Waals surface area contributed by atoms with Gasteiger partial charge in [-0.3, -0.25) is 9.59 Å². The van der Waals surface area contributed by atoms with E-state index in [1.165, 1.54) is 0 Å². The van der Waals surface area contributed by atoms with Crippen LogP contribution in [-0.2, 0) is 9.59 Å². The minimum absolute atomic E-state index is 0.108. The van der Waals surface area contributed by atoms with Crippen molar-refractivity contribution >= 4 is 11.8 Å². The topological polar surface area (TPSA) is 63.4 Å². The van der Waals surface area contributed by atoms with E-state index < -0.39 is 0 Å². The zero-order valence-electron chi connectivity index (χ0n) is 8.74. The number of carbonyl (C=O) groups excluding carboxylic acids is 2. The third-order valence-electron chi connectivity index (χ3n) is 3.19. The van der Waals surface area contributed by atoms with E-state index in [4.69, 9.17) is 5.73 Å². The first-order chi connectivity index (χ1) is 7.18. The Morgan fingerprint density at radius 3 is 2.80 bits per heavy atom. The SMILES string of the molecule is NC(=O)[C@H]1CCN(C(=O)C2=CCCC2)C1. The first kappa shape index (κ1) is 10.2. The quantitative estimate of drug-likeness (QED) is 0.715. The third-order valence-corrected chi connectivity index (χ3v) is 3.19. The van der Waals surface area contributed by atoms with Gasteiger partial charge in [0, 0.05) is 18.7 Å². The summed E-state index contributed by atoms with van der Waals surface area (Å²) in [5, 5.41) is 0. The third kappa shape index (κ3) is 2.03. The molecule has 1 fully saturated rings. The fourth-order valence-electron chi connectivity index (χ4n) is 2.25. The summed E-state index contributed by atoms with van der Waals surface area (Å²) in [6.45, 7) is 1.18. The van der Waals surface area contributed by atoms with Gasteiger partial charge in [0.25, 0.3) is 0 Å². The first-order valence-corrected chi connectivity index (χ1v) is 5.46. The van der Waals surface area contributed by atoms with Gasteiger partial charge < -0.3 is 10.6 Å². The molecule has 1 saturated heterocycles. The number of allylic oxidation sites excluding steroid dienone is 1. The molecule has 4 nitrogen and oxygen atoms in total. The Kier molecular flexibility index (Phi) is 2.75. The molecule has 0 aromatic carbocycles. The van der Waals surface area contributed by atoms with Crippen molar-refractivity contribution < 1.29 is 9.59 Å². The van der Waals surface area contributed by atoms with Crippen molar-refractivity contribution in [3.63, 3.8) is 0 Å². The molecule has 4 heteroatoms. The molecule has 1 aliphatic carbocycles. The number of amides is 2. The smallest absolute Gasteiger partial charge is 0.249 e. The normalized spacial score (nSPS) is 25.5. The van der Waals surface area contributed by atoms with Gasteiger partial charge >= 0.3 is 0 Å². The highest BCUT2D eigenvalue weighted by Gasteiger charge is 2.31. The average molecular weight is 208 g/mol. The van der Waals surface area contributed by atoms with Gasteiger partial charge in [0.2, 0.25) is 11.8 Å². The zero-order chi connectivity index (χ0) is 10.8. The van der Waals surface area contributed by atoms with Crippen LogP contribution in [0.25, 0.3) is 0 Å². The highest BCUT2D eigenvalue weighted by molar-refractivity contribution is 5.94. The number of rotatable bonds is 2. The van der Waals surface area contributed by atoms with Crippen LogP contribution in [0.5, 0.6) is 0 Å². The summed E-state index contributed by atoms with van der Waals surface area (Å²) < 4.78 is 0. The molecule has 15 heavy (non-hydrogen) atoms. The summed E-state index contributed by atoms with van der Waals surface area (Å²) in [4.78, 5) is 24.6. The predicted molar refractivity (Wildman–Crippen MR) is 55.8 cm³/mol. The van der Waals surface area contributed by atoms with E-state index in [-0.39, 0.29) is 17.7 Å². The standard InChI is InChI=1S/C11H16N2O2/c12-10(14)9-5-6-13(7-9)11(15)8-3-1-2-4-8/h3,9H,1-2,4-7H2,(H2,12,14)/t9-/m0/s1. The molecule has 82 valence electrons. The maximum atomic E-state index is 11.9. The minimum Gasteiger partial charge on any atom is -0.369 e. The molecule has 1 aliphatic heterocycles. The van der Waals surface area contributed by atoms with Gasteiger partial charge in [0.05, 0.1) is 5.92 Å². The van der Waals surface area contributed by atoms with Crippen molar-refractivity contribution in [2.75, 3.05) is 13.1 Å². The number of likely N-dealkylation sites (tertiary alicyclic amines) is 1. The van der Waals surface area contributed by atoms with Crippen molar-refractivity contribution in [3.8, 4) is 0 Å². The molecule has 1 atom stereocenters. The molecule has 2 amide bonds. The summed E-state index contributed by atoms with van der Waals surface area (Å²) in [6, 6.07) is 0. The Labute approximate surface area is 89.1 Å². The molecule has 2 aliphatic rings. The van der Waals surface area contributed by atoms with E-state index in [2.05, 4.69) is 0 Å². The zero-order valence-corrected chi connectivity index (χ0v) is 8.74. The number of hydrogen-bond donors (Lipinski definition) is 1. The molecule has 0 aromatic rings. The summed E-state index contributed by atoms with van der Waals surface area (Å²) in [7, 11) is 0. The van der Waals surface area contributed by atoms with Crippen LogP contribution in [0.15, 0.2) is 11.6 Å². The van der Waals surface area contributed by atoms with E-state index in [0.717, 1.165) is 24.8 Å². The largest absolute Gasteiger partial charge is 0.369 e. The second-order valence-electron chi connectivity index (χ2n) is 4.26. The van der Waals surface area contributed by atoms with Gasteiger partial charge in [-0.15, -0.1) is 0 Å². The summed E-state index contributed by atoms with van der Waals surface area (Å²) in [5.41, 5.74) is 6.14. The average Bonchev–Trinajstić information content (AvgIpc) is 2.88. The fraction of sp³-hybridized carbons (Fsp3) is 0.636. The molecule has 2 N–H and O–H groups in total. The van der Waals surface area contributed by atoms with E-state index in [9.17, 15) is 9.59 Å². The van der Waals surface area contributed by atoms with Crippen molar-refractivity contribution in [1.82, 2.24) is 4.90 Å². The minimum atomic E-state index is -0.286. The van der Waals surface area contributed by atoms with E-state index >= 15 is 0 Å². The summed E-state index contributed by atoms with van der Waals surface area (Å²) in [5.74, 6) is -0.321. The van der Waals surface area contributed by atoms with Crippen LogP contribution in [0.1, 0.15) is 25.7 Å². The monoisotopic (exact) mass is 208 g/mol. The van der Waals surface area contributed by atoms with Gasteiger partial charge in [0.1, 0.15) is 0 Å². The van der Waals surface area contributed by atoms with Gasteiger partial charge in [0.15, 0.2) is 0 Å². The van der Waals surface area contributed by atoms with Crippen LogP contribution >= 0.6 is 0 Å². The van der Waals surface area contributed by atoms with E-state index in [0.29, 0.717) is 19.5 Å². The van der Waals surface area contributed by atoms with E-state index in [1.54, 1.807) is 4.90 Å². The summed E-state index contributed by atoms with van der Waals surface area (Å²) in [6.07, 6.45) is 5.70. The van der Waals surface area contributed by atoms with Gasteiger partial charge in [-0.1, -0.05) is 6.08 Å². The Balaban J connectivity index is 1.95. The van der Waals surface area contributed by atoms with Crippen molar-refractivity contribution in [3.05, 3.63) is 11.6 Å². The van der Waals surface area contributed by atoms with Crippen molar-refractivity contribution in [2.45, 2.75) is 25.7 Å². The van der Waals surface area contributed by atoms with Gasteiger partial charge in [-0.2, -0.15) is 0 Å². The molecule has 0 aromatic heterocycles. The predicted octanol–water partition coefficient (Wildman–Crippen LogP) is 0.430. The van der Waals surface area contributed by atoms with E-state index in [1.807, 2.05) is 6.08 Å². The molecular weight excluding hydrogens is 192 g/mol. The molecule has 0 saturated carbocycles. The fourth-order valence-corrected chi connectivity index (χ4v) is 2.25. The highest BCUT2D eigenvalue weighted by Crippen LogP contribution is 2.23. The number of carbonyl (C=O) groups is 2. The maximum Gasteiger partial charge on any atom is 0.249 e. The molecule has 0 radical (unpaired) electrons. The lowest BCUT2D eigenvalue weighted by Crippen LogP contribution is -2.32. The first-order valence-electron chi connectivity index (χ1n) is 5.46.